The molecule has 20 heavy (non-hydrogen) atoms. The summed E-state index contributed by atoms with van der Waals surface area (Å²) in [7, 11) is 1.40. The summed E-state index contributed by atoms with van der Waals surface area (Å²) in [5, 5.41) is 0.811. The summed E-state index contributed by atoms with van der Waals surface area (Å²) in [5.74, 6) is -0.519. The van der Waals surface area contributed by atoms with Crippen LogP contribution in [0.1, 0.15) is 45.4 Å². The van der Waals surface area contributed by atoms with Gasteiger partial charge in [0.15, 0.2) is 0 Å². The third-order valence-corrected chi connectivity index (χ3v) is 4.86. The van der Waals surface area contributed by atoms with E-state index in [0.717, 1.165) is 0 Å². The van der Waals surface area contributed by atoms with E-state index in [4.69, 9.17) is 4.74 Å². The van der Waals surface area contributed by atoms with Crippen molar-refractivity contribution in [2.45, 2.75) is 55.9 Å². The van der Waals surface area contributed by atoms with Gasteiger partial charge in [0.1, 0.15) is 0 Å². The lowest BCUT2D eigenvalue weighted by atomic mass is 10.2. The summed E-state index contributed by atoms with van der Waals surface area (Å²) in [6, 6.07) is 0. The van der Waals surface area contributed by atoms with Crippen molar-refractivity contribution in [1.82, 2.24) is 0 Å². The van der Waals surface area contributed by atoms with E-state index in [1.807, 2.05) is 17.8 Å². The number of carbonyl (C=O) groups is 2. The van der Waals surface area contributed by atoms with E-state index in [-0.39, 0.29) is 17.2 Å². The van der Waals surface area contributed by atoms with Gasteiger partial charge < -0.3 is 9.47 Å². The molecule has 1 aliphatic carbocycles. The zero-order valence-corrected chi connectivity index (χ0v) is 13.1. The molecule has 0 N–H and O–H groups in total. The van der Waals surface area contributed by atoms with Crippen LogP contribution >= 0.6 is 11.8 Å². The van der Waals surface area contributed by atoms with Crippen molar-refractivity contribution >= 4 is 23.7 Å². The Balaban J connectivity index is 2.48. The van der Waals surface area contributed by atoms with Gasteiger partial charge in [0.25, 0.3) is 0 Å². The van der Waals surface area contributed by atoms with Gasteiger partial charge in [-0.25, -0.2) is 4.79 Å². The molecule has 1 atom stereocenters. The number of methoxy groups -OCH3 is 1. The second-order valence-corrected chi connectivity index (χ2v) is 6.35. The highest BCUT2D eigenvalue weighted by molar-refractivity contribution is 8.00. The van der Waals surface area contributed by atoms with Gasteiger partial charge in [0.05, 0.1) is 13.7 Å². The van der Waals surface area contributed by atoms with Crippen LogP contribution in [-0.2, 0) is 19.1 Å². The second-order valence-electron chi connectivity index (χ2n) is 4.81. The fraction of sp³-hybridized carbons (Fsp3) is 0.733. The van der Waals surface area contributed by atoms with E-state index >= 15 is 0 Å². The molecular weight excluding hydrogens is 276 g/mol. The van der Waals surface area contributed by atoms with Crippen LogP contribution in [0, 0.1) is 0 Å². The second kappa shape index (κ2) is 9.86. The number of esters is 2. The Morgan fingerprint density at radius 1 is 1.35 bits per heavy atom. The minimum absolute atomic E-state index is 0.168. The van der Waals surface area contributed by atoms with Crippen LogP contribution in [0.3, 0.4) is 0 Å². The van der Waals surface area contributed by atoms with Crippen molar-refractivity contribution in [2.75, 3.05) is 13.7 Å². The topological polar surface area (TPSA) is 52.6 Å². The van der Waals surface area contributed by atoms with Crippen LogP contribution in [-0.4, -0.2) is 36.2 Å². The lowest BCUT2D eigenvalue weighted by Crippen LogP contribution is -2.11. The zero-order valence-electron chi connectivity index (χ0n) is 12.3. The molecule has 4 nitrogen and oxygen atoms in total. The molecule has 0 unspecified atom stereocenters. The van der Waals surface area contributed by atoms with Crippen molar-refractivity contribution < 1.29 is 19.1 Å². The standard InChI is InChI=1S/C15H24O4S/c1-3-19-15(17)11-9-13(8-10-14(16)18-2)20-12-6-4-5-7-12/h9,11-13H,3-8,10H2,1-2H3/b11-9+/t13-/m0/s1. The molecule has 0 saturated heterocycles. The van der Waals surface area contributed by atoms with Crippen molar-refractivity contribution in [3.8, 4) is 0 Å². The summed E-state index contributed by atoms with van der Waals surface area (Å²) in [5.41, 5.74) is 0. The van der Waals surface area contributed by atoms with Crippen LogP contribution in [0.15, 0.2) is 12.2 Å². The maximum atomic E-state index is 11.4. The molecule has 1 fully saturated rings. The highest BCUT2D eigenvalue weighted by Gasteiger charge is 2.20. The largest absolute Gasteiger partial charge is 0.469 e. The van der Waals surface area contributed by atoms with Gasteiger partial charge >= 0.3 is 11.9 Å². The van der Waals surface area contributed by atoms with Crippen molar-refractivity contribution in [1.29, 1.82) is 0 Å². The zero-order chi connectivity index (χ0) is 14.8. The summed E-state index contributed by atoms with van der Waals surface area (Å²) >= 11 is 1.86. The predicted octanol–water partition coefficient (Wildman–Crippen LogP) is 3.10. The van der Waals surface area contributed by atoms with E-state index in [0.29, 0.717) is 24.7 Å². The maximum absolute atomic E-state index is 11.4. The average Bonchev–Trinajstić information content (AvgIpc) is 2.94. The predicted molar refractivity (Wildman–Crippen MR) is 80.7 cm³/mol. The first-order chi connectivity index (χ1) is 9.65. The van der Waals surface area contributed by atoms with Gasteiger partial charge in [-0.15, -0.1) is 0 Å². The highest BCUT2D eigenvalue weighted by Crippen LogP contribution is 2.34. The maximum Gasteiger partial charge on any atom is 0.330 e. The first-order valence-electron chi connectivity index (χ1n) is 7.23. The number of carbonyl (C=O) groups excluding carboxylic acids is 2. The van der Waals surface area contributed by atoms with Crippen LogP contribution in [0.2, 0.25) is 0 Å². The van der Waals surface area contributed by atoms with Crippen molar-refractivity contribution in [3.63, 3.8) is 0 Å². The Kier molecular flexibility index (Phi) is 8.42. The molecule has 0 bridgehead atoms. The van der Waals surface area contributed by atoms with Gasteiger partial charge in [-0.1, -0.05) is 18.9 Å². The average molecular weight is 300 g/mol. The van der Waals surface area contributed by atoms with Crippen molar-refractivity contribution in [3.05, 3.63) is 12.2 Å². The van der Waals surface area contributed by atoms with Crippen LogP contribution in [0.4, 0.5) is 0 Å². The van der Waals surface area contributed by atoms with Crippen LogP contribution < -0.4 is 0 Å². The van der Waals surface area contributed by atoms with Crippen LogP contribution in [0.5, 0.6) is 0 Å². The van der Waals surface area contributed by atoms with E-state index in [9.17, 15) is 9.59 Å². The molecule has 1 rings (SSSR count). The van der Waals surface area contributed by atoms with Crippen molar-refractivity contribution in [2.24, 2.45) is 0 Å². The molecule has 0 aliphatic heterocycles. The molecule has 1 aliphatic rings. The normalized spacial score (nSPS) is 17.3. The lowest BCUT2D eigenvalue weighted by Gasteiger charge is -2.16. The number of ether oxygens (including phenoxy) is 2. The fourth-order valence-corrected chi connectivity index (χ4v) is 3.74. The van der Waals surface area contributed by atoms with E-state index in [1.165, 1.54) is 38.9 Å². The third kappa shape index (κ3) is 6.98. The molecule has 0 aromatic heterocycles. The Morgan fingerprint density at radius 3 is 2.65 bits per heavy atom. The number of hydrogen-bond donors (Lipinski definition) is 0. The minimum atomic E-state index is -0.317. The van der Waals surface area contributed by atoms with Gasteiger partial charge in [-0.2, -0.15) is 11.8 Å². The van der Waals surface area contributed by atoms with E-state index in [2.05, 4.69) is 4.74 Å². The quantitative estimate of drug-likeness (QED) is 0.509. The summed E-state index contributed by atoms with van der Waals surface area (Å²) < 4.78 is 9.55. The number of hydrogen-bond acceptors (Lipinski definition) is 5. The Labute approximate surface area is 125 Å². The molecule has 114 valence electrons. The number of rotatable bonds is 8. The molecule has 0 heterocycles. The smallest absolute Gasteiger partial charge is 0.330 e. The molecular formula is C15H24O4S. The SMILES string of the molecule is CCOC(=O)/C=C/[C@H](CCC(=O)OC)SC1CCCC1. The summed E-state index contributed by atoms with van der Waals surface area (Å²) in [6.07, 6.45) is 9.44. The van der Waals surface area contributed by atoms with Gasteiger partial charge in [0, 0.05) is 23.0 Å². The van der Waals surface area contributed by atoms with Crippen LogP contribution in [0.25, 0.3) is 0 Å². The molecule has 1 saturated carbocycles. The first-order valence-corrected chi connectivity index (χ1v) is 8.17. The monoisotopic (exact) mass is 300 g/mol. The molecule has 0 aromatic carbocycles. The minimum Gasteiger partial charge on any atom is -0.469 e. The fourth-order valence-electron chi connectivity index (χ4n) is 2.22. The van der Waals surface area contributed by atoms with E-state index in [1.54, 1.807) is 6.92 Å². The van der Waals surface area contributed by atoms with Gasteiger partial charge in [-0.05, 0) is 26.2 Å². The molecule has 0 spiro atoms. The number of thioether (sulfide) groups is 1. The lowest BCUT2D eigenvalue weighted by molar-refractivity contribution is -0.140. The third-order valence-electron chi connectivity index (χ3n) is 3.26. The Morgan fingerprint density at radius 2 is 2.05 bits per heavy atom. The summed E-state index contributed by atoms with van der Waals surface area (Å²) in [6.45, 7) is 2.17. The van der Waals surface area contributed by atoms with E-state index < -0.39 is 0 Å². The van der Waals surface area contributed by atoms with Gasteiger partial charge in [0.2, 0.25) is 0 Å². The molecule has 5 heteroatoms. The molecule has 0 aromatic rings. The highest BCUT2D eigenvalue weighted by atomic mass is 32.2. The summed E-state index contributed by atoms with van der Waals surface area (Å²) in [4.78, 5) is 22.6. The first kappa shape index (κ1) is 17.1. The Hall–Kier alpha value is -0.970. The Bertz CT molecular complexity index is 335. The molecule has 0 radical (unpaired) electrons. The molecule has 0 amide bonds. The van der Waals surface area contributed by atoms with Gasteiger partial charge in [-0.3, -0.25) is 4.79 Å².